The Bertz CT molecular complexity index is 2690. The molecule has 0 amide bonds. The van der Waals surface area contributed by atoms with Gasteiger partial charge in [-0.25, -0.2) is 4.98 Å². The van der Waals surface area contributed by atoms with Gasteiger partial charge in [0.15, 0.2) is 0 Å². The zero-order chi connectivity index (χ0) is 26.7. The third-order valence-electron chi connectivity index (χ3n) is 8.66. The van der Waals surface area contributed by atoms with Crippen molar-refractivity contribution >= 4 is 91.7 Å². The molecule has 10 rings (SSSR count). The number of para-hydroxylation sites is 4. The van der Waals surface area contributed by atoms with Crippen molar-refractivity contribution in [2.45, 2.75) is 0 Å². The largest absolute Gasteiger partial charge is 0.309 e. The minimum absolute atomic E-state index is 0.998. The monoisotopic (exact) mass is 539 g/mol. The molecule has 0 aliphatic rings. The first-order valence-corrected chi connectivity index (χ1v) is 14.7. The highest BCUT2D eigenvalue weighted by atomic mass is 32.1. The predicted molar refractivity (Wildman–Crippen MR) is 175 cm³/mol. The Morgan fingerprint density at radius 1 is 0.463 bits per heavy atom. The van der Waals surface area contributed by atoms with Crippen LogP contribution in [-0.4, -0.2) is 14.0 Å². The molecule has 0 atom stereocenters. The van der Waals surface area contributed by atoms with E-state index in [1.807, 2.05) is 11.3 Å². The maximum absolute atomic E-state index is 5.19. The summed E-state index contributed by atoms with van der Waals surface area (Å²) in [5.74, 6) is 0. The second-order valence-corrected chi connectivity index (χ2v) is 11.9. The normalized spacial score (nSPS) is 12.4. The highest BCUT2D eigenvalue weighted by Gasteiger charge is 2.21. The second kappa shape index (κ2) is 7.72. The molecule has 3 nitrogen and oxygen atoms in total. The van der Waals surface area contributed by atoms with Gasteiger partial charge in [-0.3, -0.25) is 4.40 Å². The number of benzene rings is 6. The number of fused-ring (bicyclic) bond motifs is 15. The highest BCUT2D eigenvalue weighted by molar-refractivity contribution is 7.26. The number of thiophene rings is 1. The van der Waals surface area contributed by atoms with Gasteiger partial charge >= 0.3 is 0 Å². The van der Waals surface area contributed by atoms with E-state index in [0.717, 1.165) is 22.4 Å². The Kier molecular flexibility index (Phi) is 4.07. The summed E-state index contributed by atoms with van der Waals surface area (Å²) in [6, 6.07) is 46.2. The van der Waals surface area contributed by atoms with Gasteiger partial charge in [-0.15, -0.1) is 11.3 Å². The molecule has 6 aromatic carbocycles. The van der Waals surface area contributed by atoms with Crippen molar-refractivity contribution in [3.8, 4) is 5.69 Å². The van der Waals surface area contributed by atoms with E-state index in [0.29, 0.717) is 0 Å². The van der Waals surface area contributed by atoms with Crippen LogP contribution in [0.15, 0.2) is 127 Å². The fraction of sp³-hybridized carbons (Fsp3) is 0. The van der Waals surface area contributed by atoms with Crippen molar-refractivity contribution in [1.82, 2.24) is 14.0 Å². The van der Waals surface area contributed by atoms with Gasteiger partial charge in [-0.1, -0.05) is 66.7 Å². The Hall–Kier alpha value is -5.19. The predicted octanol–water partition coefficient (Wildman–Crippen LogP) is 10.3. The van der Waals surface area contributed by atoms with Crippen molar-refractivity contribution < 1.29 is 0 Å². The van der Waals surface area contributed by atoms with Crippen LogP contribution in [0.4, 0.5) is 0 Å². The fourth-order valence-electron chi connectivity index (χ4n) is 6.98. The van der Waals surface area contributed by atoms with Crippen molar-refractivity contribution in [2.24, 2.45) is 0 Å². The van der Waals surface area contributed by atoms with Gasteiger partial charge in [-0.05, 0) is 66.0 Å². The van der Waals surface area contributed by atoms with Crippen LogP contribution in [0, 0.1) is 0 Å². The maximum Gasteiger partial charge on any atom is 0.146 e. The molecule has 4 heterocycles. The van der Waals surface area contributed by atoms with E-state index in [1.54, 1.807) is 0 Å². The quantitative estimate of drug-likeness (QED) is 0.190. The standard InChI is InChI=1S/C37H21N3S/c1-2-10-22(11-3-1)39-31-18-19-34-36(24-13-5-9-17-33(24)41-34)35(31)27-20-25-23-12-4-7-15-29(23)40-30-16-8-6-14-28(30)38-37(40)26(25)21-32(27)39/h1-21H. The number of imidazole rings is 1. The number of nitrogens with zero attached hydrogens (tertiary/aromatic N) is 3. The molecule has 0 aliphatic heterocycles. The summed E-state index contributed by atoms with van der Waals surface area (Å²) in [5.41, 5.74) is 7.92. The van der Waals surface area contributed by atoms with E-state index in [9.17, 15) is 0 Å². The van der Waals surface area contributed by atoms with Crippen molar-refractivity contribution in [3.63, 3.8) is 0 Å². The fourth-order valence-corrected chi connectivity index (χ4v) is 8.09. The van der Waals surface area contributed by atoms with E-state index >= 15 is 0 Å². The lowest BCUT2D eigenvalue weighted by molar-refractivity contribution is 1.18. The first kappa shape index (κ1) is 21.6. The number of rotatable bonds is 1. The van der Waals surface area contributed by atoms with E-state index in [1.165, 1.54) is 63.7 Å². The average molecular weight is 540 g/mol. The van der Waals surface area contributed by atoms with Gasteiger partial charge in [0.25, 0.3) is 0 Å². The average Bonchev–Trinajstić information content (AvgIpc) is 3.70. The molecule has 0 radical (unpaired) electrons. The maximum atomic E-state index is 5.19. The van der Waals surface area contributed by atoms with Crippen LogP contribution in [0.1, 0.15) is 0 Å². The molecule has 41 heavy (non-hydrogen) atoms. The minimum Gasteiger partial charge on any atom is -0.309 e. The molecule has 190 valence electrons. The molecular formula is C37H21N3S. The summed E-state index contributed by atoms with van der Waals surface area (Å²) in [4.78, 5) is 5.19. The summed E-state index contributed by atoms with van der Waals surface area (Å²) >= 11 is 1.88. The lowest BCUT2D eigenvalue weighted by Gasteiger charge is -2.11. The summed E-state index contributed by atoms with van der Waals surface area (Å²) in [6.45, 7) is 0. The Balaban J connectivity index is 1.51. The van der Waals surface area contributed by atoms with E-state index < -0.39 is 0 Å². The smallest absolute Gasteiger partial charge is 0.146 e. The van der Waals surface area contributed by atoms with Crippen LogP contribution in [0.5, 0.6) is 0 Å². The van der Waals surface area contributed by atoms with Crippen molar-refractivity contribution in [2.75, 3.05) is 0 Å². The SMILES string of the molecule is c1ccc(-n2c3cc4c(cc3c3c5c(ccc32)sc2ccccc25)c2ccccc2n2c3ccccc3nc42)cc1. The molecule has 0 fully saturated rings. The molecule has 10 aromatic rings. The summed E-state index contributed by atoms with van der Waals surface area (Å²) in [7, 11) is 0. The molecule has 0 bridgehead atoms. The van der Waals surface area contributed by atoms with Crippen molar-refractivity contribution in [1.29, 1.82) is 0 Å². The van der Waals surface area contributed by atoms with Crippen LogP contribution < -0.4 is 0 Å². The second-order valence-electron chi connectivity index (χ2n) is 10.8. The minimum atomic E-state index is 0.998. The Labute approximate surface area is 238 Å². The number of pyridine rings is 1. The molecule has 0 saturated heterocycles. The molecule has 0 unspecified atom stereocenters. The van der Waals surface area contributed by atoms with Gasteiger partial charge in [0.1, 0.15) is 5.65 Å². The highest BCUT2D eigenvalue weighted by Crippen LogP contribution is 2.45. The first-order valence-electron chi connectivity index (χ1n) is 13.9. The zero-order valence-electron chi connectivity index (χ0n) is 21.9. The summed E-state index contributed by atoms with van der Waals surface area (Å²) < 4.78 is 7.42. The van der Waals surface area contributed by atoms with Gasteiger partial charge < -0.3 is 4.57 Å². The molecule has 4 heteroatoms. The number of hydrogen-bond donors (Lipinski definition) is 0. The van der Waals surface area contributed by atoms with Crippen LogP contribution in [0.25, 0.3) is 86.0 Å². The summed E-state index contributed by atoms with van der Waals surface area (Å²) in [5, 5.41) is 8.90. The molecule has 0 saturated carbocycles. The molecule has 0 N–H and O–H groups in total. The van der Waals surface area contributed by atoms with Gasteiger partial charge in [0, 0.05) is 47.4 Å². The molecule has 0 spiro atoms. The molecule has 4 aromatic heterocycles. The zero-order valence-corrected chi connectivity index (χ0v) is 22.7. The van der Waals surface area contributed by atoms with Crippen LogP contribution in [-0.2, 0) is 0 Å². The molecule has 0 aliphatic carbocycles. The number of aromatic nitrogens is 3. The third-order valence-corrected chi connectivity index (χ3v) is 9.80. The first-order chi connectivity index (χ1) is 20.3. The topological polar surface area (TPSA) is 22.2 Å². The van der Waals surface area contributed by atoms with Gasteiger partial charge in [0.05, 0.1) is 27.6 Å². The molecular weight excluding hydrogens is 518 g/mol. The van der Waals surface area contributed by atoms with Crippen LogP contribution >= 0.6 is 11.3 Å². The lowest BCUT2D eigenvalue weighted by Crippen LogP contribution is -1.94. The lowest BCUT2D eigenvalue weighted by atomic mass is 10.0. The van der Waals surface area contributed by atoms with Gasteiger partial charge in [-0.2, -0.15) is 0 Å². The van der Waals surface area contributed by atoms with E-state index in [2.05, 4.69) is 136 Å². The Morgan fingerprint density at radius 3 is 2.12 bits per heavy atom. The number of hydrogen-bond acceptors (Lipinski definition) is 2. The van der Waals surface area contributed by atoms with Gasteiger partial charge in [0.2, 0.25) is 0 Å². The van der Waals surface area contributed by atoms with Crippen LogP contribution in [0.3, 0.4) is 0 Å². The van der Waals surface area contributed by atoms with Crippen LogP contribution in [0.2, 0.25) is 0 Å². The Morgan fingerprint density at radius 2 is 1.22 bits per heavy atom. The van der Waals surface area contributed by atoms with E-state index in [-0.39, 0.29) is 0 Å². The van der Waals surface area contributed by atoms with E-state index in [4.69, 9.17) is 4.98 Å². The third kappa shape index (κ3) is 2.75. The summed E-state index contributed by atoms with van der Waals surface area (Å²) in [6.07, 6.45) is 0. The van der Waals surface area contributed by atoms with Crippen molar-refractivity contribution in [3.05, 3.63) is 127 Å².